The lowest BCUT2D eigenvalue weighted by atomic mass is 9.93. The fourth-order valence-corrected chi connectivity index (χ4v) is 5.32. The van der Waals surface area contributed by atoms with Gasteiger partial charge in [-0.1, -0.05) is 42.7 Å². The molecular weight excluding hydrogens is 388 g/mol. The summed E-state index contributed by atoms with van der Waals surface area (Å²) < 4.78 is 10.2. The summed E-state index contributed by atoms with van der Waals surface area (Å²) in [7, 11) is 3.06. The first-order valence-corrected chi connectivity index (χ1v) is 11.0. The zero-order chi connectivity index (χ0) is 20.8. The number of hydrogen-bond acceptors (Lipinski definition) is 5. The van der Waals surface area contributed by atoms with E-state index in [0.29, 0.717) is 5.25 Å². The molecule has 0 bridgehead atoms. The molecule has 2 atom stereocenters. The lowest BCUT2D eigenvalue weighted by Gasteiger charge is -2.43. The van der Waals surface area contributed by atoms with E-state index >= 15 is 0 Å². The molecular formula is C22H30N2O4S. The van der Waals surface area contributed by atoms with E-state index in [1.54, 1.807) is 16.7 Å². The van der Waals surface area contributed by atoms with E-state index in [-0.39, 0.29) is 30.9 Å². The van der Waals surface area contributed by atoms with Gasteiger partial charge >= 0.3 is 0 Å². The van der Waals surface area contributed by atoms with Crippen LogP contribution in [0.1, 0.15) is 36.8 Å². The quantitative estimate of drug-likeness (QED) is 0.545. The zero-order valence-electron chi connectivity index (χ0n) is 17.3. The molecule has 1 aromatic rings. The molecule has 2 amide bonds. The van der Waals surface area contributed by atoms with Crippen molar-refractivity contribution in [3.05, 3.63) is 40.3 Å². The highest BCUT2D eigenvalue weighted by Gasteiger charge is 2.41. The smallest absolute Gasteiger partial charge is 0.261 e. The molecule has 1 aliphatic carbocycles. The van der Waals surface area contributed by atoms with Crippen molar-refractivity contribution in [3.63, 3.8) is 0 Å². The fourth-order valence-electron chi connectivity index (χ4n) is 3.85. The molecule has 1 aromatic carbocycles. The summed E-state index contributed by atoms with van der Waals surface area (Å²) in [6, 6.07) is 8.25. The fraction of sp³-hybridized carbons (Fsp3) is 0.545. The highest BCUT2D eigenvalue weighted by atomic mass is 32.2. The van der Waals surface area contributed by atoms with Gasteiger partial charge in [-0.25, -0.2) is 0 Å². The Hall–Kier alpha value is -1.83. The van der Waals surface area contributed by atoms with E-state index < -0.39 is 6.29 Å². The number of thioether (sulfide) groups is 1. The summed E-state index contributed by atoms with van der Waals surface area (Å²) in [5, 5.41) is 3.15. The van der Waals surface area contributed by atoms with Gasteiger partial charge in [0.2, 0.25) is 5.91 Å². The van der Waals surface area contributed by atoms with Gasteiger partial charge < -0.3 is 19.7 Å². The lowest BCUT2D eigenvalue weighted by Crippen LogP contribution is -2.54. The minimum atomic E-state index is -0.494. The first kappa shape index (κ1) is 21.9. The first-order chi connectivity index (χ1) is 14.0. The summed E-state index contributed by atoms with van der Waals surface area (Å²) in [5.41, 5.74) is 2.19. The summed E-state index contributed by atoms with van der Waals surface area (Å²) in [6.45, 7) is 2.36. The highest BCUT2D eigenvalue weighted by molar-refractivity contribution is 8.04. The molecule has 0 radical (unpaired) electrons. The number of benzene rings is 1. The number of hydrogen-bond donors (Lipinski definition) is 1. The van der Waals surface area contributed by atoms with E-state index in [4.69, 9.17) is 9.47 Å². The molecule has 6 nitrogen and oxygen atoms in total. The number of carbonyl (C=O) groups is 2. The highest BCUT2D eigenvalue weighted by Crippen LogP contribution is 2.42. The van der Waals surface area contributed by atoms with Gasteiger partial charge in [-0.3, -0.25) is 9.59 Å². The number of nitrogens with one attached hydrogen (secondary N) is 1. The van der Waals surface area contributed by atoms with Crippen molar-refractivity contribution in [2.45, 2.75) is 50.2 Å². The number of carbonyl (C=O) groups excluding carboxylic acids is 2. The summed E-state index contributed by atoms with van der Waals surface area (Å²) in [6.07, 6.45) is 5.75. The van der Waals surface area contributed by atoms with Crippen LogP contribution in [0.2, 0.25) is 0 Å². The van der Waals surface area contributed by atoms with Crippen LogP contribution in [0.4, 0.5) is 0 Å². The van der Waals surface area contributed by atoms with Gasteiger partial charge in [-0.2, -0.15) is 0 Å². The molecule has 0 spiro atoms. The summed E-state index contributed by atoms with van der Waals surface area (Å²) >= 11 is 1.68. The third-order valence-electron chi connectivity index (χ3n) is 5.50. The van der Waals surface area contributed by atoms with Gasteiger partial charge in [0.15, 0.2) is 6.29 Å². The van der Waals surface area contributed by atoms with Crippen molar-refractivity contribution in [2.24, 2.45) is 0 Å². The Morgan fingerprint density at radius 3 is 2.62 bits per heavy atom. The number of rotatable bonds is 7. The molecule has 1 aliphatic heterocycles. The Bertz CT molecular complexity index is 746. The maximum Gasteiger partial charge on any atom is 0.261 e. The third-order valence-corrected chi connectivity index (χ3v) is 6.90. The van der Waals surface area contributed by atoms with Gasteiger partial charge in [0.05, 0.1) is 11.4 Å². The second-order valence-corrected chi connectivity index (χ2v) is 8.85. The van der Waals surface area contributed by atoms with Crippen molar-refractivity contribution in [1.82, 2.24) is 10.2 Å². The first-order valence-electron chi connectivity index (χ1n) is 10.1. The predicted octanol–water partition coefficient (Wildman–Crippen LogP) is 2.96. The maximum absolute atomic E-state index is 13.2. The molecule has 29 heavy (non-hydrogen) atoms. The monoisotopic (exact) mass is 418 g/mol. The van der Waals surface area contributed by atoms with Crippen LogP contribution < -0.4 is 5.32 Å². The molecule has 2 aliphatic rings. The van der Waals surface area contributed by atoms with Crippen LogP contribution in [-0.4, -0.2) is 61.6 Å². The van der Waals surface area contributed by atoms with Crippen LogP contribution in [0, 0.1) is 6.92 Å². The van der Waals surface area contributed by atoms with Crippen LogP contribution in [0.3, 0.4) is 0 Å². The van der Waals surface area contributed by atoms with Crippen molar-refractivity contribution in [2.75, 3.05) is 27.3 Å². The molecule has 7 heteroatoms. The molecule has 2 unspecified atom stereocenters. The van der Waals surface area contributed by atoms with Crippen LogP contribution in [0.15, 0.2) is 29.2 Å². The largest absolute Gasteiger partial charge is 0.354 e. The number of ether oxygens (including phenoxy) is 2. The number of fused-ring (bicyclic) bond motifs is 1. The average Bonchev–Trinajstić information content (AvgIpc) is 2.73. The van der Waals surface area contributed by atoms with Gasteiger partial charge in [-0.15, -0.1) is 11.8 Å². The lowest BCUT2D eigenvalue weighted by molar-refractivity contribution is -0.137. The molecule has 1 saturated carbocycles. The van der Waals surface area contributed by atoms with E-state index in [1.165, 1.54) is 26.2 Å². The number of methoxy groups -OCH3 is 2. The van der Waals surface area contributed by atoms with Crippen molar-refractivity contribution < 1.29 is 19.1 Å². The predicted molar refractivity (Wildman–Crippen MR) is 115 cm³/mol. The Morgan fingerprint density at radius 2 is 1.93 bits per heavy atom. The average molecular weight is 419 g/mol. The van der Waals surface area contributed by atoms with E-state index in [9.17, 15) is 9.59 Å². The minimum Gasteiger partial charge on any atom is -0.354 e. The standard InChI is InChI=1S/C22H30N2O4S/c1-15-8-10-16(11-9-15)12-19-22(26)24(17-6-4-5-7-18(17)29-19)14-20(25)23-13-21(27-2)28-3/h8-12,17-18,21H,4-7,13-14H2,1-3H3,(H,23,25)/b19-12+. The Labute approximate surface area is 177 Å². The SMILES string of the molecule is COC(CNC(=O)CN1C(=O)/C(=C\c2ccc(C)cc2)SC2CCCCC21)OC. The summed E-state index contributed by atoms with van der Waals surface area (Å²) in [4.78, 5) is 28.3. The topological polar surface area (TPSA) is 67.9 Å². The van der Waals surface area contributed by atoms with Crippen molar-refractivity contribution in [1.29, 1.82) is 0 Å². The Morgan fingerprint density at radius 1 is 1.24 bits per heavy atom. The van der Waals surface area contributed by atoms with Gasteiger partial charge in [0, 0.05) is 25.5 Å². The second-order valence-electron chi connectivity index (χ2n) is 7.57. The van der Waals surface area contributed by atoms with Gasteiger partial charge in [0.1, 0.15) is 6.54 Å². The molecule has 1 heterocycles. The van der Waals surface area contributed by atoms with Crippen LogP contribution in [0.25, 0.3) is 6.08 Å². The maximum atomic E-state index is 13.2. The molecule has 1 N–H and O–H groups in total. The molecule has 3 rings (SSSR count). The van der Waals surface area contributed by atoms with Gasteiger partial charge in [-0.05, 0) is 31.4 Å². The third kappa shape index (κ3) is 5.62. The second kappa shape index (κ2) is 10.3. The van der Waals surface area contributed by atoms with Gasteiger partial charge in [0.25, 0.3) is 5.91 Å². The number of nitrogens with zero attached hydrogens (tertiary/aromatic N) is 1. The number of amides is 2. The summed E-state index contributed by atoms with van der Waals surface area (Å²) in [5.74, 6) is -0.243. The van der Waals surface area contributed by atoms with Crippen LogP contribution in [0.5, 0.6) is 0 Å². The van der Waals surface area contributed by atoms with Crippen molar-refractivity contribution >= 4 is 29.7 Å². The Balaban J connectivity index is 1.75. The minimum absolute atomic E-state index is 0.0519. The normalized spacial score (nSPS) is 23.4. The van der Waals surface area contributed by atoms with Crippen LogP contribution in [-0.2, 0) is 19.1 Å². The molecule has 2 fully saturated rings. The molecule has 158 valence electrons. The van der Waals surface area contributed by atoms with Crippen LogP contribution >= 0.6 is 11.8 Å². The molecule has 1 saturated heterocycles. The Kier molecular flexibility index (Phi) is 7.75. The number of aryl methyl sites for hydroxylation is 1. The van der Waals surface area contributed by atoms with Crippen molar-refractivity contribution in [3.8, 4) is 0 Å². The van der Waals surface area contributed by atoms with E-state index in [0.717, 1.165) is 29.7 Å². The molecule has 0 aromatic heterocycles. The van der Waals surface area contributed by atoms with E-state index in [2.05, 4.69) is 5.32 Å². The van der Waals surface area contributed by atoms with E-state index in [1.807, 2.05) is 37.3 Å². The zero-order valence-corrected chi connectivity index (χ0v) is 18.2.